The molecule has 3 aromatic rings. The van der Waals surface area contributed by atoms with Crippen molar-refractivity contribution < 1.29 is 13.2 Å². The van der Waals surface area contributed by atoms with E-state index < -0.39 is 11.9 Å². The second-order valence-corrected chi connectivity index (χ2v) is 8.11. The molecule has 3 aliphatic rings. The van der Waals surface area contributed by atoms with Crippen molar-refractivity contribution in [2.24, 2.45) is 17.8 Å². The predicted octanol–water partition coefficient (Wildman–Crippen LogP) is 4.60. The molecule has 0 saturated heterocycles. The SMILES string of the molecule is FC(F)(F)c1[nH]ncc1[C@@H]1Nc2ccc3[nH]ncc3c2[C@H]2C3CCC(C3)[C@@H]12. The van der Waals surface area contributed by atoms with Crippen LogP contribution in [0, 0.1) is 17.8 Å². The topological polar surface area (TPSA) is 69.4 Å². The van der Waals surface area contributed by atoms with Gasteiger partial charge in [0.05, 0.1) is 24.0 Å². The van der Waals surface area contributed by atoms with Gasteiger partial charge in [0.15, 0.2) is 0 Å². The van der Waals surface area contributed by atoms with Gasteiger partial charge in [0.2, 0.25) is 0 Å². The molecule has 2 aromatic heterocycles. The van der Waals surface area contributed by atoms with E-state index in [0.29, 0.717) is 11.8 Å². The highest BCUT2D eigenvalue weighted by Gasteiger charge is 2.55. The molecule has 1 aliphatic heterocycles. The zero-order valence-corrected chi connectivity index (χ0v) is 14.3. The number of benzene rings is 1. The van der Waals surface area contributed by atoms with E-state index in [1.54, 1.807) is 0 Å². The number of anilines is 1. The van der Waals surface area contributed by atoms with Gasteiger partial charge in [-0.05, 0) is 60.6 Å². The van der Waals surface area contributed by atoms with Gasteiger partial charge in [0.25, 0.3) is 0 Å². The van der Waals surface area contributed by atoms with Gasteiger partial charge >= 0.3 is 6.18 Å². The molecular formula is C19H18F3N5. The molecule has 5 atom stereocenters. The van der Waals surface area contributed by atoms with Gasteiger partial charge in [0.1, 0.15) is 5.69 Å². The van der Waals surface area contributed by atoms with Crippen molar-refractivity contribution in [3.63, 3.8) is 0 Å². The van der Waals surface area contributed by atoms with Gasteiger partial charge in [0, 0.05) is 16.6 Å². The molecular weight excluding hydrogens is 355 g/mol. The maximum absolute atomic E-state index is 13.5. The summed E-state index contributed by atoms with van der Waals surface area (Å²) in [5.74, 6) is 1.40. The fraction of sp³-hybridized carbons (Fsp3) is 0.474. The molecule has 2 fully saturated rings. The highest BCUT2D eigenvalue weighted by Crippen LogP contribution is 2.64. The summed E-state index contributed by atoms with van der Waals surface area (Å²) >= 11 is 0. The van der Waals surface area contributed by atoms with E-state index in [4.69, 9.17) is 0 Å². The fourth-order valence-electron chi connectivity index (χ4n) is 6.08. The number of nitrogens with one attached hydrogen (secondary N) is 3. The van der Waals surface area contributed by atoms with Crippen LogP contribution >= 0.6 is 0 Å². The largest absolute Gasteiger partial charge is 0.433 e. The fourth-order valence-corrected chi connectivity index (χ4v) is 6.08. The molecule has 0 spiro atoms. The van der Waals surface area contributed by atoms with Crippen LogP contribution in [0.5, 0.6) is 0 Å². The van der Waals surface area contributed by atoms with Gasteiger partial charge in [-0.3, -0.25) is 10.2 Å². The second kappa shape index (κ2) is 5.05. The molecule has 0 radical (unpaired) electrons. The smallest absolute Gasteiger partial charge is 0.378 e. The Balaban J connectivity index is 1.55. The quantitative estimate of drug-likeness (QED) is 0.584. The van der Waals surface area contributed by atoms with Gasteiger partial charge in [-0.2, -0.15) is 23.4 Å². The highest BCUT2D eigenvalue weighted by atomic mass is 19.4. The lowest BCUT2D eigenvalue weighted by atomic mass is 9.67. The summed E-state index contributed by atoms with van der Waals surface area (Å²) in [7, 11) is 0. The molecule has 0 amide bonds. The molecule has 1 aromatic carbocycles. The van der Waals surface area contributed by atoms with E-state index in [1.807, 2.05) is 18.3 Å². The van der Waals surface area contributed by atoms with Gasteiger partial charge in [-0.25, -0.2) is 0 Å². The number of rotatable bonds is 1. The Morgan fingerprint density at radius 2 is 1.81 bits per heavy atom. The van der Waals surface area contributed by atoms with E-state index in [0.717, 1.165) is 35.9 Å². The van der Waals surface area contributed by atoms with E-state index in [2.05, 4.69) is 25.7 Å². The van der Waals surface area contributed by atoms with Crippen molar-refractivity contribution >= 4 is 16.6 Å². The molecule has 5 nitrogen and oxygen atoms in total. The third-order valence-corrected chi connectivity index (χ3v) is 6.96. The number of nitrogens with zero attached hydrogens (tertiary/aromatic N) is 2. The molecule has 2 unspecified atom stereocenters. The summed E-state index contributed by atoms with van der Waals surface area (Å²) in [5, 5.41) is 17.7. The van der Waals surface area contributed by atoms with E-state index >= 15 is 0 Å². The van der Waals surface area contributed by atoms with Crippen molar-refractivity contribution in [2.45, 2.75) is 37.4 Å². The van der Waals surface area contributed by atoms with Crippen LogP contribution in [0.3, 0.4) is 0 Å². The van der Waals surface area contributed by atoms with Crippen LogP contribution < -0.4 is 5.32 Å². The number of H-pyrrole nitrogens is 2. The first-order chi connectivity index (χ1) is 13.0. The molecule has 27 heavy (non-hydrogen) atoms. The summed E-state index contributed by atoms with van der Waals surface area (Å²) in [6, 6.07) is 3.54. The monoisotopic (exact) mass is 373 g/mol. The minimum atomic E-state index is -4.44. The molecule has 2 bridgehead atoms. The third-order valence-electron chi connectivity index (χ3n) is 6.96. The van der Waals surface area contributed by atoms with Crippen molar-refractivity contribution in [2.75, 3.05) is 5.32 Å². The van der Waals surface area contributed by atoms with Crippen molar-refractivity contribution in [1.82, 2.24) is 20.4 Å². The van der Waals surface area contributed by atoms with Crippen LogP contribution in [0.1, 0.15) is 48.0 Å². The summed E-state index contributed by atoms with van der Waals surface area (Å²) < 4.78 is 40.6. The average molecular weight is 373 g/mol. The van der Waals surface area contributed by atoms with Gasteiger partial charge in [-0.15, -0.1) is 0 Å². The number of halogens is 3. The predicted molar refractivity (Wildman–Crippen MR) is 93.1 cm³/mol. The molecule has 8 heteroatoms. The Morgan fingerprint density at radius 1 is 1.00 bits per heavy atom. The lowest BCUT2D eigenvalue weighted by Gasteiger charge is -2.43. The Kier molecular flexibility index (Phi) is 2.91. The Morgan fingerprint density at radius 3 is 2.67 bits per heavy atom. The minimum absolute atomic E-state index is 0.149. The standard InChI is InChI=1S/C19H18F3N5/c20-19(21,22)18-11(7-24-27-18)17-15-9-2-1-8(5-9)14(15)16-10-6-23-26-12(10)3-4-13(16)25-17/h3-4,6-9,14-15,17,25H,1-2,5H2,(H,23,26)(H,24,27)/t8?,9?,14-,15+,17-/m0/s1. The van der Waals surface area contributed by atoms with Crippen LogP contribution in [0.2, 0.25) is 0 Å². The number of hydrogen-bond acceptors (Lipinski definition) is 3. The Hall–Kier alpha value is -2.51. The molecule has 2 saturated carbocycles. The Bertz CT molecular complexity index is 1040. The maximum atomic E-state index is 13.5. The summed E-state index contributed by atoms with van der Waals surface area (Å²) in [4.78, 5) is 0. The lowest BCUT2D eigenvalue weighted by Crippen LogP contribution is -2.36. The van der Waals surface area contributed by atoms with E-state index in [9.17, 15) is 13.2 Å². The zero-order valence-electron chi connectivity index (χ0n) is 14.3. The van der Waals surface area contributed by atoms with Crippen LogP contribution in [0.15, 0.2) is 24.5 Å². The average Bonchev–Trinajstić information content (AvgIpc) is 3.43. The summed E-state index contributed by atoms with van der Waals surface area (Å²) in [6.07, 6.45) is 2.11. The Labute approximate surface area is 152 Å². The van der Waals surface area contributed by atoms with Crippen molar-refractivity contribution in [1.29, 1.82) is 0 Å². The molecule has 3 heterocycles. The van der Waals surface area contributed by atoms with Crippen molar-refractivity contribution in [3.8, 4) is 0 Å². The molecule has 2 aliphatic carbocycles. The molecule has 3 N–H and O–H groups in total. The first-order valence-electron chi connectivity index (χ1n) is 9.35. The van der Waals surface area contributed by atoms with Gasteiger partial charge < -0.3 is 5.32 Å². The number of fused-ring (bicyclic) bond motifs is 9. The van der Waals surface area contributed by atoms with E-state index in [-0.39, 0.29) is 23.4 Å². The minimum Gasteiger partial charge on any atom is -0.378 e. The van der Waals surface area contributed by atoms with Crippen LogP contribution in [0.4, 0.5) is 18.9 Å². The van der Waals surface area contributed by atoms with Crippen LogP contribution in [-0.2, 0) is 6.18 Å². The number of aromatic nitrogens is 4. The maximum Gasteiger partial charge on any atom is 0.433 e. The second-order valence-electron chi connectivity index (χ2n) is 8.11. The summed E-state index contributed by atoms with van der Waals surface area (Å²) in [6.45, 7) is 0. The molecule has 140 valence electrons. The zero-order chi connectivity index (χ0) is 18.3. The van der Waals surface area contributed by atoms with Crippen molar-refractivity contribution in [3.05, 3.63) is 41.3 Å². The number of alkyl halides is 3. The highest BCUT2D eigenvalue weighted by molar-refractivity contribution is 5.88. The molecule has 6 rings (SSSR count). The van der Waals surface area contributed by atoms with E-state index in [1.165, 1.54) is 11.8 Å². The lowest BCUT2D eigenvalue weighted by molar-refractivity contribution is -0.142. The first-order valence-corrected chi connectivity index (χ1v) is 9.35. The van der Waals surface area contributed by atoms with Crippen LogP contribution in [0.25, 0.3) is 10.9 Å². The summed E-state index contributed by atoms with van der Waals surface area (Å²) in [5.41, 5.74) is 2.65. The first kappa shape index (κ1) is 15.5. The number of hydrogen-bond donors (Lipinski definition) is 3. The number of aromatic amines is 2. The normalized spacial score (nSPS) is 31.7. The third kappa shape index (κ3) is 2.01. The van der Waals surface area contributed by atoms with Crippen LogP contribution in [-0.4, -0.2) is 20.4 Å². The van der Waals surface area contributed by atoms with Gasteiger partial charge in [-0.1, -0.05) is 0 Å².